The Kier molecular flexibility index (Phi) is 5.76. The largest absolute Gasteiger partial charge is 0.463 e. The number of sulfonamides is 1. The number of nitrogens with one attached hydrogen (secondary N) is 1. The Bertz CT molecular complexity index is 864. The van der Waals surface area contributed by atoms with E-state index in [1.165, 1.54) is 19.5 Å². The summed E-state index contributed by atoms with van der Waals surface area (Å²) in [6, 6.07) is 6.98. The summed E-state index contributed by atoms with van der Waals surface area (Å²) >= 11 is 0. The molecule has 1 aromatic carbocycles. The van der Waals surface area contributed by atoms with Gasteiger partial charge in [-0.2, -0.15) is 9.41 Å². The molecular formula is C17H21N3O4S. The van der Waals surface area contributed by atoms with Crippen molar-refractivity contribution >= 4 is 22.1 Å². The zero-order valence-corrected chi connectivity index (χ0v) is 15.4. The molecule has 0 saturated heterocycles. The van der Waals surface area contributed by atoms with Gasteiger partial charge in [-0.15, -0.1) is 0 Å². The Balaban J connectivity index is 2.09. The van der Waals surface area contributed by atoms with E-state index in [1.54, 1.807) is 38.1 Å². The zero-order chi connectivity index (χ0) is 18.6. The molecule has 0 radical (unpaired) electrons. The predicted octanol–water partition coefficient (Wildman–Crippen LogP) is 1.98. The monoisotopic (exact) mass is 363 g/mol. The van der Waals surface area contributed by atoms with Gasteiger partial charge in [0.2, 0.25) is 10.0 Å². The van der Waals surface area contributed by atoms with Crippen molar-refractivity contribution in [1.82, 2.24) is 9.73 Å². The van der Waals surface area contributed by atoms with Crippen LogP contribution in [0.1, 0.15) is 22.5 Å². The molecule has 8 heteroatoms. The van der Waals surface area contributed by atoms with Crippen molar-refractivity contribution in [2.45, 2.75) is 25.7 Å². The van der Waals surface area contributed by atoms with E-state index in [2.05, 4.69) is 10.5 Å². The van der Waals surface area contributed by atoms with Crippen LogP contribution in [0.2, 0.25) is 0 Å². The van der Waals surface area contributed by atoms with Crippen molar-refractivity contribution in [1.29, 1.82) is 0 Å². The van der Waals surface area contributed by atoms with Gasteiger partial charge in [-0.1, -0.05) is 17.7 Å². The predicted molar refractivity (Wildman–Crippen MR) is 94.9 cm³/mol. The number of rotatable bonds is 6. The number of nitrogens with zero attached hydrogens (tertiary/aromatic N) is 2. The topological polar surface area (TPSA) is 92.0 Å². The molecule has 0 spiro atoms. The highest BCUT2D eigenvalue weighted by Gasteiger charge is 2.26. The lowest BCUT2D eigenvalue weighted by Gasteiger charge is -2.19. The molecule has 0 fully saturated rings. The van der Waals surface area contributed by atoms with E-state index in [9.17, 15) is 13.2 Å². The average Bonchev–Trinajstić information content (AvgIpc) is 2.98. The fourth-order valence-corrected chi connectivity index (χ4v) is 4.12. The van der Waals surface area contributed by atoms with Crippen LogP contribution >= 0.6 is 0 Å². The number of carbonyl (C=O) groups is 1. The molecule has 2 aromatic rings. The van der Waals surface area contributed by atoms with Crippen molar-refractivity contribution in [2.24, 2.45) is 5.10 Å². The van der Waals surface area contributed by atoms with Crippen LogP contribution in [-0.4, -0.2) is 38.4 Å². The maximum absolute atomic E-state index is 12.8. The molecule has 0 unspecified atom stereocenters. The average molecular weight is 363 g/mol. The molecule has 0 atom stereocenters. The van der Waals surface area contributed by atoms with Crippen LogP contribution in [0.25, 0.3) is 0 Å². The Hall–Kier alpha value is -2.45. The Morgan fingerprint density at radius 3 is 2.48 bits per heavy atom. The Morgan fingerprint density at radius 2 is 1.92 bits per heavy atom. The van der Waals surface area contributed by atoms with E-state index in [0.717, 1.165) is 9.87 Å². The molecule has 0 aliphatic carbocycles. The molecule has 25 heavy (non-hydrogen) atoms. The maximum atomic E-state index is 12.8. The summed E-state index contributed by atoms with van der Waals surface area (Å²) in [7, 11) is -2.41. The van der Waals surface area contributed by atoms with Crippen molar-refractivity contribution in [2.75, 3.05) is 13.6 Å². The van der Waals surface area contributed by atoms with Crippen LogP contribution in [0.3, 0.4) is 0 Å². The molecule has 0 saturated carbocycles. The summed E-state index contributed by atoms with van der Waals surface area (Å²) in [6.07, 6.45) is 2.82. The molecule has 1 heterocycles. The minimum atomic E-state index is -3.78. The summed E-state index contributed by atoms with van der Waals surface area (Å²) < 4.78 is 31.6. The van der Waals surface area contributed by atoms with Crippen molar-refractivity contribution in [3.63, 3.8) is 0 Å². The minimum absolute atomic E-state index is 0.229. The van der Waals surface area contributed by atoms with Gasteiger partial charge in [-0.3, -0.25) is 4.79 Å². The van der Waals surface area contributed by atoms with Gasteiger partial charge < -0.3 is 4.42 Å². The van der Waals surface area contributed by atoms with Crippen molar-refractivity contribution < 1.29 is 17.6 Å². The number of benzene rings is 1. The van der Waals surface area contributed by atoms with Crippen LogP contribution < -0.4 is 5.43 Å². The van der Waals surface area contributed by atoms with E-state index >= 15 is 0 Å². The van der Waals surface area contributed by atoms with Crippen molar-refractivity contribution in [3.8, 4) is 0 Å². The lowest BCUT2D eigenvalue weighted by Crippen LogP contribution is -2.37. The first-order valence-corrected chi connectivity index (χ1v) is 9.05. The first-order valence-electron chi connectivity index (χ1n) is 7.61. The third-order valence-electron chi connectivity index (χ3n) is 3.56. The van der Waals surface area contributed by atoms with Crippen molar-refractivity contribution in [3.05, 3.63) is 53.0 Å². The summed E-state index contributed by atoms with van der Waals surface area (Å²) in [5, 5.41) is 3.73. The number of amides is 1. The third-order valence-corrected chi connectivity index (χ3v) is 5.67. The minimum Gasteiger partial charge on any atom is -0.463 e. The van der Waals surface area contributed by atoms with Crippen LogP contribution in [0.4, 0.5) is 0 Å². The third kappa shape index (κ3) is 4.55. The van der Waals surface area contributed by atoms with Gasteiger partial charge in [-0.25, -0.2) is 13.8 Å². The van der Waals surface area contributed by atoms with Gasteiger partial charge in [0.05, 0.1) is 23.9 Å². The molecule has 2 rings (SSSR count). The van der Waals surface area contributed by atoms with E-state index in [1.807, 2.05) is 6.92 Å². The van der Waals surface area contributed by atoms with E-state index in [4.69, 9.17) is 4.42 Å². The molecule has 7 nitrogen and oxygen atoms in total. The summed E-state index contributed by atoms with van der Waals surface area (Å²) in [6.45, 7) is 5.05. The quantitative estimate of drug-likeness (QED) is 0.627. The van der Waals surface area contributed by atoms with Gasteiger partial charge in [0, 0.05) is 7.05 Å². The lowest BCUT2D eigenvalue weighted by atomic mass is 10.1. The number of aryl methyl sites for hydroxylation is 3. The molecular weight excluding hydrogens is 342 g/mol. The second kappa shape index (κ2) is 7.62. The molecule has 134 valence electrons. The van der Waals surface area contributed by atoms with Crippen LogP contribution in [-0.2, 0) is 14.8 Å². The summed E-state index contributed by atoms with van der Waals surface area (Å²) in [5.74, 6) is -0.0662. The van der Waals surface area contributed by atoms with Crippen LogP contribution in [0.15, 0.2) is 44.9 Å². The molecule has 0 aliphatic heterocycles. The highest BCUT2D eigenvalue weighted by atomic mass is 32.2. The van der Waals surface area contributed by atoms with E-state index in [-0.39, 0.29) is 11.4 Å². The number of likely N-dealkylation sites (N-methyl/N-ethyl adjacent to an activating group) is 1. The van der Waals surface area contributed by atoms with Gasteiger partial charge in [0.1, 0.15) is 5.76 Å². The number of carbonyl (C=O) groups excluding carboxylic acids is 1. The lowest BCUT2D eigenvalue weighted by molar-refractivity contribution is -0.121. The molecule has 0 bridgehead atoms. The van der Waals surface area contributed by atoms with Gasteiger partial charge >= 0.3 is 0 Å². The van der Waals surface area contributed by atoms with Gasteiger partial charge in [-0.05, 0) is 44.0 Å². The zero-order valence-electron chi connectivity index (χ0n) is 14.6. The number of hydrogen-bond acceptors (Lipinski definition) is 5. The second-order valence-electron chi connectivity index (χ2n) is 5.80. The van der Waals surface area contributed by atoms with Gasteiger partial charge in [0.25, 0.3) is 5.91 Å². The first kappa shape index (κ1) is 18.9. The highest BCUT2D eigenvalue weighted by molar-refractivity contribution is 7.89. The second-order valence-corrected chi connectivity index (χ2v) is 7.78. The van der Waals surface area contributed by atoms with Crippen LogP contribution in [0, 0.1) is 20.8 Å². The SMILES string of the molecule is Cc1cc(C)c(S(=O)(=O)N(C)CC(=O)N/N=C\c2ccco2)c(C)c1. The van der Waals surface area contributed by atoms with Gasteiger partial charge in [0.15, 0.2) is 0 Å². The molecule has 1 N–H and O–H groups in total. The smallest absolute Gasteiger partial charge is 0.255 e. The number of furan rings is 1. The fourth-order valence-electron chi connectivity index (χ4n) is 2.58. The first-order chi connectivity index (χ1) is 11.7. The summed E-state index contributed by atoms with van der Waals surface area (Å²) in [4.78, 5) is 12.2. The summed E-state index contributed by atoms with van der Waals surface area (Å²) in [5.41, 5.74) is 4.57. The van der Waals surface area contributed by atoms with E-state index < -0.39 is 15.9 Å². The Labute approximate surface area is 147 Å². The number of hydrazone groups is 1. The molecule has 1 amide bonds. The Morgan fingerprint density at radius 1 is 1.28 bits per heavy atom. The fraction of sp³-hybridized carbons (Fsp3) is 0.294. The standard InChI is InChI=1S/C17H21N3O4S/c1-12-8-13(2)17(14(3)9-12)25(22,23)20(4)11-16(21)19-18-10-15-6-5-7-24-15/h5-10H,11H2,1-4H3,(H,19,21)/b18-10-. The molecule has 1 aromatic heterocycles. The highest BCUT2D eigenvalue weighted by Crippen LogP contribution is 2.24. The normalized spacial score (nSPS) is 12.0. The maximum Gasteiger partial charge on any atom is 0.255 e. The van der Waals surface area contributed by atoms with E-state index in [0.29, 0.717) is 16.9 Å². The van der Waals surface area contributed by atoms with Crippen LogP contribution in [0.5, 0.6) is 0 Å². The number of hydrogen-bond donors (Lipinski definition) is 1. The molecule has 0 aliphatic rings.